The van der Waals surface area contributed by atoms with Gasteiger partial charge in [-0.05, 0) is 30.2 Å². The molecule has 0 spiro atoms. The zero-order valence-electron chi connectivity index (χ0n) is 10.9. The lowest BCUT2D eigenvalue weighted by atomic mass is 10.1. The number of hydrogen-bond donors (Lipinski definition) is 1. The second kappa shape index (κ2) is 5.65. The monoisotopic (exact) mass is 267 g/mol. The molecule has 1 aromatic heterocycles. The van der Waals surface area contributed by atoms with Gasteiger partial charge in [-0.3, -0.25) is 0 Å². The van der Waals surface area contributed by atoms with Crippen molar-refractivity contribution in [2.45, 2.75) is 6.42 Å². The van der Waals surface area contributed by atoms with Gasteiger partial charge in [-0.15, -0.1) is 0 Å². The van der Waals surface area contributed by atoms with Crippen LogP contribution in [-0.4, -0.2) is 16.5 Å². The van der Waals surface area contributed by atoms with E-state index in [-0.39, 0.29) is 5.82 Å². The van der Waals surface area contributed by atoms with E-state index in [4.69, 9.17) is 0 Å². The number of hydrogen-bond acceptors (Lipinski definition) is 3. The molecule has 0 amide bonds. The number of nitrogens with one attached hydrogen (secondary N) is 1. The molecule has 3 aromatic rings. The highest BCUT2D eigenvalue weighted by atomic mass is 19.1. The van der Waals surface area contributed by atoms with Gasteiger partial charge in [-0.1, -0.05) is 30.3 Å². The number of benzene rings is 2. The molecule has 0 atom stereocenters. The van der Waals surface area contributed by atoms with Gasteiger partial charge in [0.05, 0.1) is 5.52 Å². The van der Waals surface area contributed by atoms with E-state index in [2.05, 4.69) is 15.3 Å². The molecule has 100 valence electrons. The van der Waals surface area contributed by atoms with Gasteiger partial charge in [0.25, 0.3) is 0 Å². The summed E-state index contributed by atoms with van der Waals surface area (Å²) >= 11 is 0. The van der Waals surface area contributed by atoms with E-state index in [0.29, 0.717) is 12.5 Å². The molecule has 2 aromatic carbocycles. The summed E-state index contributed by atoms with van der Waals surface area (Å²) in [7, 11) is 0. The largest absolute Gasteiger partial charge is 0.354 e. The maximum Gasteiger partial charge on any atom is 0.223 e. The molecule has 3 rings (SSSR count). The van der Waals surface area contributed by atoms with E-state index in [9.17, 15) is 4.39 Å². The van der Waals surface area contributed by atoms with Crippen LogP contribution in [0.3, 0.4) is 0 Å². The molecule has 0 saturated carbocycles. The minimum atomic E-state index is -0.209. The van der Waals surface area contributed by atoms with E-state index >= 15 is 0 Å². The molecule has 0 fully saturated rings. The smallest absolute Gasteiger partial charge is 0.223 e. The number of anilines is 1. The number of nitrogens with zero attached hydrogens (tertiary/aromatic N) is 2. The lowest BCUT2D eigenvalue weighted by molar-refractivity contribution is 0.627. The van der Waals surface area contributed by atoms with Crippen LogP contribution in [0.4, 0.5) is 10.3 Å². The highest BCUT2D eigenvalue weighted by molar-refractivity contribution is 5.78. The first-order chi connectivity index (χ1) is 9.81. The standard InChI is InChI=1S/C16H14FN3/c17-14-7-5-12(6-8-14)9-10-18-16-19-11-13-3-1-2-4-15(13)20-16/h1-8,11H,9-10H2,(H,18,19,20). The maximum absolute atomic E-state index is 12.8. The molecule has 0 aliphatic carbocycles. The fourth-order valence-electron chi connectivity index (χ4n) is 2.03. The Bertz CT molecular complexity index is 710. The Labute approximate surface area is 116 Å². The van der Waals surface area contributed by atoms with Crippen LogP contribution in [0.1, 0.15) is 5.56 Å². The van der Waals surface area contributed by atoms with Crippen LogP contribution in [0.15, 0.2) is 54.7 Å². The zero-order chi connectivity index (χ0) is 13.8. The molecule has 0 saturated heterocycles. The van der Waals surface area contributed by atoms with Crippen LogP contribution in [0, 0.1) is 5.82 Å². The molecule has 1 N–H and O–H groups in total. The number of fused-ring (bicyclic) bond motifs is 1. The Hall–Kier alpha value is -2.49. The van der Waals surface area contributed by atoms with Crippen molar-refractivity contribution in [3.63, 3.8) is 0 Å². The lowest BCUT2D eigenvalue weighted by Gasteiger charge is -2.05. The second-order valence-corrected chi connectivity index (χ2v) is 4.56. The molecule has 3 nitrogen and oxygen atoms in total. The maximum atomic E-state index is 12.8. The molecular weight excluding hydrogens is 253 g/mol. The molecule has 0 radical (unpaired) electrons. The fourth-order valence-corrected chi connectivity index (χ4v) is 2.03. The third-order valence-electron chi connectivity index (χ3n) is 3.10. The third kappa shape index (κ3) is 2.91. The van der Waals surface area contributed by atoms with E-state index in [0.717, 1.165) is 22.9 Å². The topological polar surface area (TPSA) is 37.8 Å². The highest BCUT2D eigenvalue weighted by Crippen LogP contribution is 2.11. The molecule has 20 heavy (non-hydrogen) atoms. The van der Waals surface area contributed by atoms with Gasteiger partial charge < -0.3 is 5.32 Å². The van der Waals surface area contributed by atoms with Crippen LogP contribution >= 0.6 is 0 Å². The Morgan fingerprint density at radius 2 is 1.80 bits per heavy atom. The van der Waals surface area contributed by atoms with Crippen LogP contribution in [0.25, 0.3) is 10.9 Å². The average molecular weight is 267 g/mol. The molecular formula is C16H14FN3. The summed E-state index contributed by atoms with van der Waals surface area (Å²) in [5, 5.41) is 4.21. The molecule has 0 unspecified atom stereocenters. The molecule has 1 heterocycles. The highest BCUT2D eigenvalue weighted by Gasteiger charge is 1.99. The number of aromatic nitrogens is 2. The SMILES string of the molecule is Fc1ccc(CCNc2ncc3ccccc3n2)cc1. The summed E-state index contributed by atoms with van der Waals surface area (Å²) in [5.41, 5.74) is 2.01. The summed E-state index contributed by atoms with van der Waals surface area (Å²) in [6.45, 7) is 0.712. The summed E-state index contributed by atoms with van der Waals surface area (Å²) in [6, 6.07) is 14.4. The first-order valence-electron chi connectivity index (χ1n) is 6.51. The summed E-state index contributed by atoms with van der Waals surface area (Å²) in [5.74, 6) is 0.408. The summed E-state index contributed by atoms with van der Waals surface area (Å²) < 4.78 is 12.8. The van der Waals surface area contributed by atoms with Gasteiger partial charge in [-0.2, -0.15) is 0 Å². The van der Waals surface area contributed by atoms with E-state index in [1.807, 2.05) is 30.5 Å². The van der Waals surface area contributed by atoms with Crippen molar-refractivity contribution in [1.82, 2.24) is 9.97 Å². The van der Waals surface area contributed by atoms with Crippen LogP contribution in [0.2, 0.25) is 0 Å². The normalized spacial score (nSPS) is 10.7. The van der Waals surface area contributed by atoms with Gasteiger partial charge in [0, 0.05) is 18.1 Å². The number of rotatable bonds is 4. The van der Waals surface area contributed by atoms with Crippen LogP contribution in [-0.2, 0) is 6.42 Å². The Morgan fingerprint density at radius 3 is 2.65 bits per heavy atom. The Kier molecular flexibility index (Phi) is 3.54. The van der Waals surface area contributed by atoms with Crippen molar-refractivity contribution >= 4 is 16.9 Å². The Morgan fingerprint density at radius 1 is 1.00 bits per heavy atom. The predicted molar refractivity (Wildman–Crippen MR) is 78.1 cm³/mol. The van der Waals surface area contributed by atoms with E-state index < -0.39 is 0 Å². The first kappa shape index (κ1) is 12.5. The number of halogens is 1. The van der Waals surface area contributed by atoms with Gasteiger partial charge in [0.15, 0.2) is 0 Å². The zero-order valence-corrected chi connectivity index (χ0v) is 10.9. The van der Waals surface area contributed by atoms with Crippen molar-refractivity contribution in [2.24, 2.45) is 0 Å². The summed E-state index contributed by atoms with van der Waals surface area (Å²) in [4.78, 5) is 8.71. The fraction of sp³-hybridized carbons (Fsp3) is 0.125. The van der Waals surface area contributed by atoms with Crippen molar-refractivity contribution in [1.29, 1.82) is 0 Å². The van der Waals surface area contributed by atoms with Crippen LogP contribution < -0.4 is 5.32 Å². The van der Waals surface area contributed by atoms with Crippen molar-refractivity contribution in [3.8, 4) is 0 Å². The average Bonchev–Trinajstić information content (AvgIpc) is 2.49. The van der Waals surface area contributed by atoms with Crippen molar-refractivity contribution in [3.05, 3.63) is 66.1 Å². The molecule has 0 aliphatic heterocycles. The van der Waals surface area contributed by atoms with Gasteiger partial charge >= 0.3 is 0 Å². The second-order valence-electron chi connectivity index (χ2n) is 4.56. The molecule has 0 aliphatic rings. The third-order valence-corrected chi connectivity index (χ3v) is 3.10. The first-order valence-corrected chi connectivity index (χ1v) is 6.51. The quantitative estimate of drug-likeness (QED) is 0.787. The number of para-hydroxylation sites is 1. The minimum Gasteiger partial charge on any atom is -0.354 e. The van der Waals surface area contributed by atoms with Gasteiger partial charge in [0.2, 0.25) is 5.95 Å². The van der Waals surface area contributed by atoms with Gasteiger partial charge in [-0.25, -0.2) is 14.4 Å². The van der Waals surface area contributed by atoms with E-state index in [1.54, 1.807) is 12.1 Å². The lowest BCUT2D eigenvalue weighted by Crippen LogP contribution is -2.07. The van der Waals surface area contributed by atoms with Crippen molar-refractivity contribution < 1.29 is 4.39 Å². The van der Waals surface area contributed by atoms with Crippen molar-refractivity contribution in [2.75, 3.05) is 11.9 Å². The molecule has 0 bridgehead atoms. The summed E-state index contributed by atoms with van der Waals surface area (Å²) in [6.07, 6.45) is 2.61. The van der Waals surface area contributed by atoms with Crippen LogP contribution in [0.5, 0.6) is 0 Å². The molecule has 4 heteroatoms. The predicted octanol–water partition coefficient (Wildman–Crippen LogP) is 3.42. The van der Waals surface area contributed by atoms with Gasteiger partial charge in [0.1, 0.15) is 5.82 Å². The minimum absolute atomic E-state index is 0.209. The Balaban J connectivity index is 1.63. The van der Waals surface area contributed by atoms with E-state index in [1.165, 1.54) is 12.1 Å².